The Morgan fingerprint density at radius 2 is 0.841 bits per heavy atom. The van der Waals surface area contributed by atoms with E-state index < -0.39 is 0 Å². The number of fused-ring (bicyclic) bond motifs is 15. The monoisotopic (exact) mass is 886 g/mol. The van der Waals surface area contributed by atoms with Crippen molar-refractivity contribution in [1.82, 2.24) is 0 Å². The Hall–Kier alpha value is -8.60. The second kappa shape index (κ2) is 14.7. The number of benzene rings is 11. The molecule has 0 unspecified atom stereocenters. The van der Waals surface area contributed by atoms with Gasteiger partial charge in [0, 0.05) is 49.7 Å². The average Bonchev–Trinajstić information content (AvgIpc) is 4.04. The molecule has 0 saturated carbocycles. The first kappa shape index (κ1) is 39.6. The number of furan rings is 2. The summed E-state index contributed by atoms with van der Waals surface area (Å²) in [6.07, 6.45) is 0. The molecular formula is C65H46N2O2. The molecule has 4 heteroatoms. The molecule has 0 atom stereocenters. The van der Waals surface area contributed by atoms with Crippen LogP contribution in [0.15, 0.2) is 215 Å². The van der Waals surface area contributed by atoms with Crippen LogP contribution < -0.4 is 9.80 Å². The summed E-state index contributed by atoms with van der Waals surface area (Å²) < 4.78 is 13.6. The van der Waals surface area contributed by atoms with Gasteiger partial charge in [-0.25, -0.2) is 0 Å². The van der Waals surface area contributed by atoms with E-state index in [-0.39, 0.29) is 5.41 Å². The Morgan fingerprint density at radius 1 is 0.348 bits per heavy atom. The van der Waals surface area contributed by atoms with Crippen LogP contribution in [0.4, 0.5) is 34.1 Å². The summed E-state index contributed by atoms with van der Waals surface area (Å²) >= 11 is 0. The highest BCUT2D eigenvalue weighted by molar-refractivity contribution is 6.20. The van der Waals surface area contributed by atoms with Gasteiger partial charge in [-0.05, 0) is 152 Å². The van der Waals surface area contributed by atoms with Crippen LogP contribution in [0.1, 0.15) is 36.1 Å². The van der Waals surface area contributed by atoms with Crippen LogP contribution in [-0.4, -0.2) is 0 Å². The Kier molecular flexibility index (Phi) is 8.43. The van der Waals surface area contributed by atoms with Gasteiger partial charge in [0.25, 0.3) is 0 Å². The SMILES string of the molecule is Cc1cccc2c1oc1c(N(c3ccccc3)c3ccc4cc5c(cc4c3)C(C)(C)c3c-5c4ccccc4c4cc(N(c5ccccc5)c5cccc6c5oc5c(C)cccc56)ccc34)cccc12. The van der Waals surface area contributed by atoms with E-state index in [1.54, 1.807) is 0 Å². The van der Waals surface area contributed by atoms with Gasteiger partial charge in [-0.15, -0.1) is 0 Å². The normalized spacial score (nSPS) is 13.0. The largest absolute Gasteiger partial charge is 0.454 e. The predicted molar refractivity (Wildman–Crippen MR) is 290 cm³/mol. The molecule has 0 spiro atoms. The Labute approximate surface area is 399 Å². The minimum Gasteiger partial charge on any atom is -0.454 e. The van der Waals surface area contributed by atoms with Gasteiger partial charge in [0.15, 0.2) is 11.2 Å². The van der Waals surface area contributed by atoms with E-state index in [9.17, 15) is 0 Å². The highest BCUT2D eigenvalue weighted by atomic mass is 16.3. The molecule has 0 saturated heterocycles. The molecular weight excluding hydrogens is 841 g/mol. The number of hydrogen-bond donors (Lipinski definition) is 0. The van der Waals surface area contributed by atoms with Crippen LogP contribution in [0.2, 0.25) is 0 Å². The quantitative estimate of drug-likeness (QED) is 0.156. The van der Waals surface area contributed by atoms with E-state index >= 15 is 0 Å². The van der Waals surface area contributed by atoms with Gasteiger partial charge in [0.1, 0.15) is 11.2 Å². The number of hydrogen-bond acceptors (Lipinski definition) is 4. The third kappa shape index (κ3) is 5.76. The van der Waals surface area contributed by atoms with E-state index in [2.05, 4.69) is 244 Å². The Morgan fingerprint density at radius 3 is 1.43 bits per heavy atom. The maximum absolute atomic E-state index is 6.80. The van der Waals surface area contributed by atoms with Gasteiger partial charge in [-0.2, -0.15) is 0 Å². The van der Waals surface area contributed by atoms with Gasteiger partial charge in [-0.1, -0.05) is 147 Å². The molecule has 0 N–H and O–H groups in total. The van der Waals surface area contributed by atoms with Crippen LogP contribution in [0.5, 0.6) is 0 Å². The van der Waals surface area contributed by atoms with E-state index in [4.69, 9.17) is 8.83 Å². The first-order chi connectivity index (χ1) is 33.8. The average molecular weight is 887 g/mol. The Balaban J connectivity index is 0.947. The van der Waals surface area contributed by atoms with E-state index in [0.717, 1.165) is 89.1 Å². The molecule has 0 radical (unpaired) electrons. The molecule has 1 aliphatic carbocycles. The maximum atomic E-state index is 6.80. The lowest BCUT2D eigenvalue weighted by molar-refractivity contribution is 0.665. The van der Waals surface area contributed by atoms with Crippen LogP contribution in [-0.2, 0) is 5.41 Å². The van der Waals surface area contributed by atoms with Gasteiger partial charge in [0.05, 0.1) is 11.4 Å². The molecule has 1 aliphatic rings. The van der Waals surface area contributed by atoms with E-state index in [1.165, 1.54) is 54.6 Å². The van der Waals surface area contributed by atoms with Gasteiger partial charge < -0.3 is 18.6 Å². The van der Waals surface area contributed by atoms with E-state index in [0.29, 0.717) is 0 Å². The van der Waals surface area contributed by atoms with Crippen LogP contribution in [0, 0.1) is 13.8 Å². The molecule has 0 amide bonds. The molecule has 4 nitrogen and oxygen atoms in total. The predicted octanol–water partition coefficient (Wildman–Crippen LogP) is 18.8. The minimum absolute atomic E-state index is 0.299. The fourth-order valence-corrected chi connectivity index (χ4v) is 11.8. The minimum atomic E-state index is -0.299. The van der Waals surface area contributed by atoms with Crippen molar-refractivity contribution < 1.29 is 8.83 Å². The molecule has 13 aromatic rings. The first-order valence-electron chi connectivity index (χ1n) is 23.9. The molecule has 0 fully saturated rings. The molecule has 328 valence electrons. The molecule has 2 aromatic heterocycles. The van der Waals surface area contributed by atoms with Crippen molar-refractivity contribution in [3.63, 3.8) is 0 Å². The topological polar surface area (TPSA) is 32.8 Å². The molecule has 0 bridgehead atoms. The van der Waals surface area contributed by atoms with Gasteiger partial charge >= 0.3 is 0 Å². The lowest BCUT2D eigenvalue weighted by atomic mass is 9.79. The summed E-state index contributed by atoms with van der Waals surface area (Å²) in [6.45, 7) is 9.07. The number of nitrogens with zero attached hydrogens (tertiary/aromatic N) is 2. The summed E-state index contributed by atoms with van der Waals surface area (Å²) in [5, 5.41) is 11.9. The molecule has 0 aliphatic heterocycles. The van der Waals surface area contributed by atoms with Crippen molar-refractivity contribution in [2.75, 3.05) is 9.80 Å². The fraction of sp³-hybridized carbons (Fsp3) is 0.0769. The Bertz CT molecular complexity index is 4260. The van der Waals surface area contributed by atoms with Crippen LogP contribution >= 0.6 is 0 Å². The molecule has 14 rings (SSSR count). The number of anilines is 6. The van der Waals surface area contributed by atoms with Crippen molar-refractivity contribution in [1.29, 1.82) is 0 Å². The zero-order valence-electron chi connectivity index (χ0n) is 38.8. The number of rotatable bonds is 6. The summed E-state index contributed by atoms with van der Waals surface area (Å²) in [5.41, 5.74) is 17.2. The molecule has 11 aromatic carbocycles. The number of aryl methyl sites for hydroxylation is 2. The van der Waals surface area contributed by atoms with Crippen molar-refractivity contribution in [3.8, 4) is 11.1 Å². The lowest BCUT2D eigenvalue weighted by Crippen LogP contribution is -2.16. The standard InChI is InChI=1S/C65H46N2O2/c1-39-17-13-25-50-52-27-15-29-57(63(52)68-61(39)50)66(43-19-7-5-8-20-43)45-32-31-41-36-55-56(37-42(41)35-45)65(3,4)60-49-34-33-46(38-54(49)47-23-11-12-24-48(47)59(55)60)67(44-21-9-6-10-22-44)58-30-16-28-53-51-26-14-18-40(2)62(51)69-64(53)58/h5-38H,1-4H3. The maximum Gasteiger partial charge on any atom is 0.159 e. The van der Waals surface area contributed by atoms with Gasteiger partial charge in [-0.3, -0.25) is 0 Å². The summed E-state index contributed by atoms with van der Waals surface area (Å²) in [4.78, 5) is 4.71. The van der Waals surface area contributed by atoms with Crippen molar-refractivity contribution in [2.45, 2.75) is 33.1 Å². The van der Waals surface area contributed by atoms with Gasteiger partial charge in [0.2, 0.25) is 0 Å². The first-order valence-corrected chi connectivity index (χ1v) is 23.9. The third-order valence-electron chi connectivity index (χ3n) is 15.0. The second-order valence-corrected chi connectivity index (χ2v) is 19.3. The summed E-state index contributed by atoms with van der Waals surface area (Å²) in [5.74, 6) is 0. The number of para-hydroxylation sites is 6. The highest BCUT2D eigenvalue weighted by Gasteiger charge is 2.39. The van der Waals surface area contributed by atoms with Crippen molar-refractivity contribution in [3.05, 3.63) is 229 Å². The van der Waals surface area contributed by atoms with E-state index in [1.807, 2.05) is 0 Å². The zero-order chi connectivity index (χ0) is 46.1. The molecule has 69 heavy (non-hydrogen) atoms. The summed E-state index contributed by atoms with van der Waals surface area (Å²) in [7, 11) is 0. The van der Waals surface area contributed by atoms with Crippen molar-refractivity contribution >= 4 is 110 Å². The smallest absolute Gasteiger partial charge is 0.159 e. The second-order valence-electron chi connectivity index (χ2n) is 19.3. The van der Waals surface area contributed by atoms with Crippen molar-refractivity contribution in [2.24, 2.45) is 0 Å². The fourth-order valence-electron chi connectivity index (χ4n) is 11.8. The lowest BCUT2D eigenvalue weighted by Gasteiger charge is -2.28. The third-order valence-corrected chi connectivity index (χ3v) is 15.0. The molecule has 2 heterocycles. The zero-order valence-corrected chi connectivity index (χ0v) is 38.8. The summed E-state index contributed by atoms with van der Waals surface area (Å²) in [6, 6.07) is 75.1. The highest BCUT2D eigenvalue weighted by Crippen LogP contribution is 2.56. The van der Waals surface area contributed by atoms with Crippen LogP contribution in [0.25, 0.3) is 87.3 Å². The van der Waals surface area contributed by atoms with Crippen LogP contribution in [0.3, 0.4) is 0 Å².